The Balaban J connectivity index is 1.73. The lowest BCUT2D eigenvalue weighted by atomic mass is 9.93. The molecule has 0 spiro atoms. The number of sulfonamides is 1. The fourth-order valence-corrected chi connectivity index (χ4v) is 4.71. The average Bonchev–Trinajstić information content (AvgIpc) is 3.18. The van der Waals surface area contributed by atoms with Crippen molar-refractivity contribution in [1.82, 2.24) is 9.97 Å². The molecule has 9 heteroatoms. The van der Waals surface area contributed by atoms with Gasteiger partial charge in [-0.05, 0) is 24.3 Å². The Hall–Kier alpha value is -1.97. The smallest absolute Gasteiger partial charge is 0.263 e. The molecule has 0 saturated carbocycles. The zero-order valence-corrected chi connectivity index (χ0v) is 16.4. The first-order chi connectivity index (χ1) is 11.7. The molecule has 0 aliphatic rings. The van der Waals surface area contributed by atoms with Crippen LogP contribution in [0.15, 0.2) is 46.1 Å². The molecule has 1 aromatic carbocycles. The van der Waals surface area contributed by atoms with Gasteiger partial charge in [0, 0.05) is 28.1 Å². The fourth-order valence-electron chi connectivity index (χ4n) is 1.96. The van der Waals surface area contributed by atoms with E-state index in [1.807, 2.05) is 5.38 Å². The number of nitrogens with zero attached hydrogens (tertiary/aromatic N) is 2. The van der Waals surface area contributed by atoms with E-state index in [4.69, 9.17) is 0 Å². The van der Waals surface area contributed by atoms with Gasteiger partial charge in [-0.25, -0.2) is 18.4 Å². The Morgan fingerprint density at radius 3 is 2.32 bits per heavy atom. The Labute approximate surface area is 155 Å². The van der Waals surface area contributed by atoms with Crippen molar-refractivity contribution in [2.24, 2.45) is 0 Å². The fraction of sp³-hybridized carbons (Fsp3) is 0.250. The maximum absolute atomic E-state index is 12.3. The SMILES string of the molecule is CC(C)(C)c1csc(Nc2ccc(S(=O)(=O)Nc3nccs3)cc2)n1. The average molecular weight is 395 g/mol. The lowest BCUT2D eigenvalue weighted by Crippen LogP contribution is -2.12. The molecule has 0 unspecified atom stereocenters. The van der Waals surface area contributed by atoms with Crippen molar-refractivity contribution in [2.45, 2.75) is 31.1 Å². The summed E-state index contributed by atoms with van der Waals surface area (Å²) >= 11 is 2.76. The highest BCUT2D eigenvalue weighted by atomic mass is 32.2. The van der Waals surface area contributed by atoms with Gasteiger partial charge in [0.2, 0.25) is 0 Å². The predicted molar refractivity (Wildman–Crippen MR) is 103 cm³/mol. The monoisotopic (exact) mass is 394 g/mol. The third-order valence-corrected chi connectivity index (χ3v) is 6.27. The van der Waals surface area contributed by atoms with Gasteiger partial charge in [-0.1, -0.05) is 20.8 Å². The molecule has 0 radical (unpaired) electrons. The van der Waals surface area contributed by atoms with Crippen LogP contribution < -0.4 is 10.0 Å². The van der Waals surface area contributed by atoms with Crippen LogP contribution in [0.2, 0.25) is 0 Å². The van der Waals surface area contributed by atoms with Crippen LogP contribution in [0, 0.1) is 0 Å². The first kappa shape index (κ1) is 17.8. The molecule has 3 aromatic rings. The molecule has 2 heterocycles. The van der Waals surface area contributed by atoms with E-state index in [0.29, 0.717) is 5.13 Å². The van der Waals surface area contributed by atoms with Crippen LogP contribution in [0.4, 0.5) is 16.0 Å². The molecule has 0 aliphatic heterocycles. The second-order valence-electron chi connectivity index (χ2n) is 6.38. The van der Waals surface area contributed by atoms with E-state index in [1.165, 1.54) is 22.7 Å². The van der Waals surface area contributed by atoms with Crippen LogP contribution in [0.25, 0.3) is 0 Å². The number of aromatic nitrogens is 2. The van der Waals surface area contributed by atoms with E-state index in [9.17, 15) is 8.42 Å². The third kappa shape index (κ3) is 4.36. The van der Waals surface area contributed by atoms with E-state index in [1.54, 1.807) is 35.8 Å². The van der Waals surface area contributed by atoms with Crippen molar-refractivity contribution in [2.75, 3.05) is 10.0 Å². The summed E-state index contributed by atoms with van der Waals surface area (Å²) in [4.78, 5) is 8.68. The minimum atomic E-state index is -3.63. The van der Waals surface area contributed by atoms with E-state index in [0.717, 1.165) is 16.5 Å². The first-order valence-corrected chi connectivity index (χ1v) is 10.7. The summed E-state index contributed by atoms with van der Waals surface area (Å²) in [6.07, 6.45) is 1.55. The first-order valence-electron chi connectivity index (χ1n) is 7.49. The van der Waals surface area contributed by atoms with Crippen molar-refractivity contribution in [3.63, 3.8) is 0 Å². The van der Waals surface area contributed by atoms with E-state index >= 15 is 0 Å². The van der Waals surface area contributed by atoms with Crippen molar-refractivity contribution >= 4 is 48.6 Å². The minimum absolute atomic E-state index is 0.00410. The molecular formula is C16H18N4O2S3. The second kappa shape index (κ2) is 6.74. The Morgan fingerprint density at radius 1 is 1.04 bits per heavy atom. The van der Waals surface area contributed by atoms with Crippen LogP contribution in [0.5, 0.6) is 0 Å². The van der Waals surface area contributed by atoms with Crippen LogP contribution in [0.1, 0.15) is 26.5 Å². The van der Waals surface area contributed by atoms with Crippen molar-refractivity contribution in [3.05, 3.63) is 46.9 Å². The van der Waals surface area contributed by atoms with Gasteiger partial charge in [0.25, 0.3) is 10.0 Å². The summed E-state index contributed by atoms with van der Waals surface area (Å²) in [5.41, 5.74) is 1.80. The molecule has 2 N–H and O–H groups in total. The largest absolute Gasteiger partial charge is 0.332 e. The zero-order chi connectivity index (χ0) is 18.1. The summed E-state index contributed by atoms with van der Waals surface area (Å²) < 4.78 is 27.1. The molecule has 25 heavy (non-hydrogen) atoms. The number of anilines is 3. The van der Waals surface area contributed by atoms with E-state index in [-0.39, 0.29) is 10.3 Å². The molecule has 0 bridgehead atoms. The molecule has 132 valence electrons. The zero-order valence-electron chi connectivity index (χ0n) is 14.0. The van der Waals surface area contributed by atoms with Crippen molar-refractivity contribution < 1.29 is 8.42 Å². The Morgan fingerprint density at radius 2 is 1.76 bits per heavy atom. The standard InChI is InChI=1S/C16H18N4O2S3/c1-16(2,3)13-10-24-15(19-13)18-11-4-6-12(7-5-11)25(21,22)20-14-17-8-9-23-14/h4-10H,1-3H3,(H,17,20)(H,18,19). The predicted octanol–water partition coefficient (Wildman–Crippen LogP) is 4.44. The molecular weight excluding hydrogens is 376 g/mol. The van der Waals surface area contributed by atoms with Crippen LogP contribution in [0.3, 0.4) is 0 Å². The molecule has 2 aromatic heterocycles. The van der Waals surface area contributed by atoms with Crippen LogP contribution >= 0.6 is 22.7 Å². The van der Waals surface area contributed by atoms with Gasteiger partial charge in [0.15, 0.2) is 10.3 Å². The van der Waals surface area contributed by atoms with Crippen molar-refractivity contribution in [1.29, 1.82) is 0 Å². The lowest BCUT2D eigenvalue weighted by molar-refractivity contribution is 0.573. The number of hydrogen-bond acceptors (Lipinski definition) is 7. The highest BCUT2D eigenvalue weighted by Crippen LogP contribution is 2.28. The third-order valence-electron chi connectivity index (χ3n) is 3.34. The normalized spacial score (nSPS) is 12.1. The number of hydrogen-bond donors (Lipinski definition) is 2. The van der Waals surface area contributed by atoms with Gasteiger partial charge >= 0.3 is 0 Å². The minimum Gasteiger partial charge on any atom is -0.332 e. The summed E-state index contributed by atoms with van der Waals surface area (Å²) in [7, 11) is -3.63. The second-order valence-corrected chi connectivity index (χ2v) is 9.82. The molecule has 0 fully saturated rings. The maximum atomic E-state index is 12.3. The molecule has 0 saturated heterocycles. The summed E-state index contributed by atoms with van der Waals surface area (Å²) in [6.45, 7) is 6.34. The quantitative estimate of drug-likeness (QED) is 0.668. The van der Waals surface area contributed by atoms with Crippen LogP contribution in [-0.4, -0.2) is 18.4 Å². The highest BCUT2D eigenvalue weighted by Gasteiger charge is 2.18. The lowest BCUT2D eigenvalue weighted by Gasteiger charge is -2.14. The molecule has 6 nitrogen and oxygen atoms in total. The van der Waals surface area contributed by atoms with Crippen molar-refractivity contribution in [3.8, 4) is 0 Å². The topological polar surface area (TPSA) is 84.0 Å². The van der Waals surface area contributed by atoms with Gasteiger partial charge < -0.3 is 5.32 Å². The van der Waals surface area contributed by atoms with Gasteiger partial charge in [-0.2, -0.15) is 0 Å². The van der Waals surface area contributed by atoms with E-state index in [2.05, 4.69) is 40.8 Å². The van der Waals surface area contributed by atoms with Gasteiger partial charge in [0.05, 0.1) is 10.6 Å². The van der Waals surface area contributed by atoms with Gasteiger partial charge in [-0.3, -0.25) is 4.72 Å². The number of nitrogens with one attached hydrogen (secondary N) is 2. The molecule has 0 amide bonds. The Bertz CT molecular complexity index is 940. The number of benzene rings is 1. The molecule has 3 rings (SSSR count). The maximum Gasteiger partial charge on any atom is 0.263 e. The van der Waals surface area contributed by atoms with Crippen LogP contribution in [-0.2, 0) is 15.4 Å². The Kier molecular flexibility index (Phi) is 4.81. The van der Waals surface area contributed by atoms with Gasteiger partial charge in [0.1, 0.15) is 0 Å². The number of thiazole rings is 2. The molecule has 0 aliphatic carbocycles. The van der Waals surface area contributed by atoms with Gasteiger partial charge in [-0.15, -0.1) is 22.7 Å². The molecule has 0 atom stereocenters. The summed E-state index contributed by atoms with van der Waals surface area (Å²) in [6, 6.07) is 6.54. The highest BCUT2D eigenvalue weighted by molar-refractivity contribution is 7.93. The summed E-state index contributed by atoms with van der Waals surface area (Å²) in [5, 5.41) is 8.07. The summed E-state index contributed by atoms with van der Waals surface area (Å²) in [5.74, 6) is 0. The van der Waals surface area contributed by atoms with E-state index < -0.39 is 10.0 Å². The number of rotatable bonds is 5.